The SMILES string of the molecule is CC(C)N(CC1CC(C(F)(F)F)CN1)C(C)(C)C. The van der Waals surface area contributed by atoms with E-state index in [4.69, 9.17) is 0 Å². The van der Waals surface area contributed by atoms with Gasteiger partial charge in [0.2, 0.25) is 0 Å². The largest absolute Gasteiger partial charge is 0.393 e. The van der Waals surface area contributed by atoms with E-state index in [0.717, 1.165) is 0 Å². The summed E-state index contributed by atoms with van der Waals surface area (Å²) in [5, 5.41) is 3.01. The average molecular weight is 266 g/mol. The molecule has 0 bridgehead atoms. The number of alkyl halides is 3. The third-order valence-corrected chi connectivity index (χ3v) is 3.59. The summed E-state index contributed by atoms with van der Waals surface area (Å²) in [6.45, 7) is 11.2. The Morgan fingerprint density at radius 1 is 1.22 bits per heavy atom. The molecule has 0 amide bonds. The van der Waals surface area contributed by atoms with E-state index < -0.39 is 12.1 Å². The molecular formula is C13H25F3N2. The van der Waals surface area contributed by atoms with Crippen LogP contribution in [0.2, 0.25) is 0 Å². The van der Waals surface area contributed by atoms with Gasteiger partial charge in [-0.2, -0.15) is 13.2 Å². The number of nitrogens with one attached hydrogen (secondary N) is 1. The van der Waals surface area contributed by atoms with Crippen molar-refractivity contribution in [3.8, 4) is 0 Å². The highest BCUT2D eigenvalue weighted by Gasteiger charge is 2.44. The lowest BCUT2D eigenvalue weighted by molar-refractivity contribution is -0.169. The summed E-state index contributed by atoms with van der Waals surface area (Å²) in [6.07, 6.45) is -3.87. The first-order valence-corrected chi connectivity index (χ1v) is 6.58. The molecule has 0 aromatic rings. The zero-order valence-corrected chi connectivity index (χ0v) is 11.9. The fraction of sp³-hybridized carbons (Fsp3) is 1.00. The van der Waals surface area contributed by atoms with Crippen LogP contribution in [0.3, 0.4) is 0 Å². The van der Waals surface area contributed by atoms with Crippen LogP contribution < -0.4 is 5.32 Å². The van der Waals surface area contributed by atoms with Gasteiger partial charge in [0.25, 0.3) is 0 Å². The minimum Gasteiger partial charge on any atom is -0.312 e. The normalized spacial score (nSPS) is 26.3. The molecule has 0 radical (unpaired) electrons. The van der Waals surface area contributed by atoms with Crippen molar-refractivity contribution in [1.29, 1.82) is 0 Å². The molecule has 2 atom stereocenters. The van der Waals surface area contributed by atoms with E-state index in [2.05, 4.69) is 44.8 Å². The molecule has 2 unspecified atom stereocenters. The van der Waals surface area contributed by atoms with Crippen LogP contribution >= 0.6 is 0 Å². The van der Waals surface area contributed by atoms with Crippen molar-refractivity contribution in [3.05, 3.63) is 0 Å². The summed E-state index contributed by atoms with van der Waals surface area (Å²) in [5.74, 6) is -1.18. The van der Waals surface area contributed by atoms with Crippen molar-refractivity contribution in [2.45, 2.75) is 64.8 Å². The van der Waals surface area contributed by atoms with Crippen molar-refractivity contribution in [2.24, 2.45) is 5.92 Å². The first-order valence-electron chi connectivity index (χ1n) is 6.58. The standard InChI is InChI=1S/C13H25F3N2/c1-9(2)18(12(3,4)5)8-11-6-10(7-17-11)13(14,15)16/h9-11,17H,6-8H2,1-5H3. The van der Waals surface area contributed by atoms with E-state index in [1.54, 1.807) is 0 Å². The molecule has 0 aliphatic carbocycles. The van der Waals surface area contributed by atoms with Gasteiger partial charge < -0.3 is 5.32 Å². The van der Waals surface area contributed by atoms with Gasteiger partial charge in [-0.05, 0) is 41.0 Å². The second-order valence-corrected chi connectivity index (χ2v) is 6.50. The molecule has 0 spiro atoms. The Hall–Kier alpha value is -0.290. The maximum absolute atomic E-state index is 12.6. The molecule has 1 rings (SSSR count). The highest BCUT2D eigenvalue weighted by molar-refractivity contribution is 4.90. The smallest absolute Gasteiger partial charge is 0.312 e. The zero-order chi connectivity index (χ0) is 14.1. The molecule has 1 aliphatic rings. The second kappa shape index (κ2) is 5.37. The number of halogens is 3. The lowest BCUT2D eigenvalue weighted by Gasteiger charge is -2.40. The minimum absolute atomic E-state index is 0.0217. The van der Waals surface area contributed by atoms with Gasteiger partial charge in [0, 0.05) is 30.7 Å². The summed E-state index contributed by atoms with van der Waals surface area (Å²) in [7, 11) is 0. The summed E-state index contributed by atoms with van der Waals surface area (Å²) in [6, 6.07) is 0.273. The predicted molar refractivity (Wildman–Crippen MR) is 67.5 cm³/mol. The van der Waals surface area contributed by atoms with E-state index in [1.165, 1.54) is 0 Å². The van der Waals surface area contributed by atoms with Crippen molar-refractivity contribution in [3.63, 3.8) is 0 Å². The summed E-state index contributed by atoms with van der Waals surface area (Å²) >= 11 is 0. The Labute approximate surface area is 108 Å². The summed E-state index contributed by atoms with van der Waals surface area (Å²) in [5.41, 5.74) is -0.0217. The summed E-state index contributed by atoms with van der Waals surface area (Å²) in [4.78, 5) is 2.25. The molecular weight excluding hydrogens is 241 g/mol. The number of rotatable bonds is 3. The fourth-order valence-corrected chi connectivity index (χ4v) is 2.70. The van der Waals surface area contributed by atoms with E-state index >= 15 is 0 Å². The first kappa shape index (κ1) is 15.8. The Morgan fingerprint density at radius 3 is 2.11 bits per heavy atom. The molecule has 18 heavy (non-hydrogen) atoms. The van der Waals surface area contributed by atoms with Crippen LogP contribution in [-0.4, -0.2) is 41.8 Å². The zero-order valence-electron chi connectivity index (χ0n) is 11.9. The highest BCUT2D eigenvalue weighted by Crippen LogP contribution is 2.33. The molecule has 1 aliphatic heterocycles. The quantitative estimate of drug-likeness (QED) is 0.844. The molecule has 1 N–H and O–H groups in total. The minimum atomic E-state index is -4.06. The fourth-order valence-electron chi connectivity index (χ4n) is 2.70. The van der Waals surface area contributed by atoms with E-state index in [0.29, 0.717) is 12.6 Å². The molecule has 2 nitrogen and oxygen atoms in total. The second-order valence-electron chi connectivity index (χ2n) is 6.50. The maximum atomic E-state index is 12.6. The predicted octanol–water partition coefficient (Wildman–Crippen LogP) is 3.04. The number of hydrogen-bond donors (Lipinski definition) is 1. The van der Waals surface area contributed by atoms with E-state index in [-0.39, 0.29) is 24.5 Å². The third kappa shape index (κ3) is 4.12. The Bertz CT molecular complexity index is 268. The van der Waals surface area contributed by atoms with E-state index in [9.17, 15) is 13.2 Å². The van der Waals surface area contributed by atoms with Gasteiger partial charge in [-0.1, -0.05) is 0 Å². The van der Waals surface area contributed by atoms with Crippen LogP contribution in [0.15, 0.2) is 0 Å². The Balaban J connectivity index is 2.58. The Kier molecular flexibility index (Phi) is 4.70. The van der Waals surface area contributed by atoms with Crippen LogP contribution in [-0.2, 0) is 0 Å². The van der Waals surface area contributed by atoms with Gasteiger partial charge in [-0.15, -0.1) is 0 Å². The Morgan fingerprint density at radius 2 is 1.78 bits per heavy atom. The van der Waals surface area contributed by atoms with Gasteiger partial charge in [-0.25, -0.2) is 0 Å². The van der Waals surface area contributed by atoms with Gasteiger partial charge >= 0.3 is 6.18 Å². The lowest BCUT2D eigenvalue weighted by atomic mass is 10.00. The van der Waals surface area contributed by atoms with Crippen LogP contribution in [0.1, 0.15) is 41.0 Å². The van der Waals surface area contributed by atoms with Crippen molar-refractivity contribution >= 4 is 0 Å². The molecule has 5 heteroatoms. The van der Waals surface area contributed by atoms with Crippen LogP contribution in [0, 0.1) is 5.92 Å². The van der Waals surface area contributed by atoms with Crippen molar-refractivity contribution in [2.75, 3.05) is 13.1 Å². The van der Waals surface area contributed by atoms with Gasteiger partial charge in [0.1, 0.15) is 0 Å². The molecule has 1 saturated heterocycles. The summed E-state index contributed by atoms with van der Waals surface area (Å²) < 4.78 is 37.8. The molecule has 0 aromatic heterocycles. The van der Waals surface area contributed by atoms with Gasteiger partial charge in [0.15, 0.2) is 0 Å². The van der Waals surface area contributed by atoms with Crippen molar-refractivity contribution in [1.82, 2.24) is 10.2 Å². The maximum Gasteiger partial charge on any atom is 0.393 e. The molecule has 1 fully saturated rings. The lowest BCUT2D eigenvalue weighted by Crippen LogP contribution is -2.50. The number of nitrogens with zero attached hydrogens (tertiary/aromatic N) is 1. The van der Waals surface area contributed by atoms with Crippen LogP contribution in [0.5, 0.6) is 0 Å². The van der Waals surface area contributed by atoms with Gasteiger partial charge in [0.05, 0.1) is 5.92 Å². The average Bonchev–Trinajstić information content (AvgIpc) is 2.58. The molecule has 1 heterocycles. The molecule has 0 saturated carbocycles. The van der Waals surface area contributed by atoms with E-state index in [1.807, 2.05) is 0 Å². The van der Waals surface area contributed by atoms with Crippen LogP contribution in [0.25, 0.3) is 0 Å². The van der Waals surface area contributed by atoms with Gasteiger partial charge in [-0.3, -0.25) is 4.90 Å². The monoisotopic (exact) mass is 266 g/mol. The number of hydrogen-bond acceptors (Lipinski definition) is 2. The van der Waals surface area contributed by atoms with Crippen molar-refractivity contribution < 1.29 is 13.2 Å². The molecule has 108 valence electrons. The molecule has 0 aromatic carbocycles. The highest BCUT2D eigenvalue weighted by atomic mass is 19.4. The van der Waals surface area contributed by atoms with Crippen LogP contribution in [0.4, 0.5) is 13.2 Å². The first-order chi connectivity index (χ1) is 8.01. The topological polar surface area (TPSA) is 15.3 Å². The third-order valence-electron chi connectivity index (χ3n) is 3.59.